The van der Waals surface area contributed by atoms with Crippen LogP contribution < -0.4 is 15.8 Å². The van der Waals surface area contributed by atoms with E-state index in [0.717, 1.165) is 64.0 Å². The van der Waals surface area contributed by atoms with E-state index in [4.69, 9.17) is 10.5 Å². The molecule has 170 valence electrons. The topological polar surface area (TPSA) is 112 Å². The molecule has 33 heavy (non-hydrogen) atoms. The maximum absolute atomic E-state index is 12.8. The number of carbonyl (C=O) groups is 2. The van der Waals surface area contributed by atoms with Crippen molar-refractivity contribution in [2.45, 2.75) is 37.8 Å². The molecule has 1 aromatic carbocycles. The lowest BCUT2D eigenvalue weighted by Gasteiger charge is -2.11. The molecule has 8 nitrogen and oxygen atoms in total. The number of hydrogen-bond donors (Lipinski definition) is 2. The molecule has 0 atom stereocenters. The molecule has 0 aliphatic heterocycles. The average molecular weight is 482 g/mol. The number of nitrogens with zero attached hydrogens (tertiary/aromatic N) is 3. The van der Waals surface area contributed by atoms with Gasteiger partial charge >= 0.3 is 0 Å². The van der Waals surface area contributed by atoms with E-state index in [9.17, 15) is 9.59 Å². The summed E-state index contributed by atoms with van der Waals surface area (Å²) in [4.78, 5) is 26.0. The van der Waals surface area contributed by atoms with Gasteiger partial charge in [-0.1, -0.05) is 11.8 Å². The third kappa shape index (κ3) is 3.93. The zero-order valence-electron chi connectivity index (χ0n) is 18.3. The van der Waals surface area contributed by atoms with Crippen LogP contribution >= 0.6 is 23.1 Å². The smallest absolute Gasteiger partial charge is 0.251 e. The van der Waals surface area contributed by atoms with Gasteiger partial charge in [0.05, 0.1) is 23.9 Å². The lowest BCUT2D eigenvalue weighted by atomic mass is 9.95. The van der Waals surface area contributed by atoms with Crippen molar-refractivity contribution in [1.29, 1.82) is 0 Å². The Hall–Kier alpha value is -3.11. The first-order valence-electron chi connectivity index (χ1n) is 10.7. The summed E-state index contributed by atoms with van der Waals surface area (Å²) in [7, 11) is 1.63. The molecule has 0 fully saturated rings. The Morgan fingerprint density at radius 2 is 2.06 bits per heavy atom. The SMILES string of the molecule is COc1ccc2cc(C)c3nnc(SCC(=O)Nc4sc5c(c4C(N)=O)CCCC5)n3c2c1. The number of fused-ring (bicyclic) bond motifs is 4. The number of aryl methyl sites for hydroxylation is 2. The number of thiophene rings is 1. The fourth-order valence-electron chi connectivity index (χ4n) is 4.31. The number of thioether (sulfide) groups is 1. The molecule has 0 spiro atoms. The number of aromatic nitrogens is 3. The molecule has 4 aromatic rings. The second-order valence-corrected chi connectivity index (χ2v) is 10.1. The molecule has 3 aromatic heterocycles. The highest BCUT2D eigenvalue weighted by Gasteiger charge is 2.25. The third-order valence-corrected chi connectivity index (χ3v) is 7.98. The number of anilines is 1. The zero-order valence-corrected chi connectivity index (χ0v) is 19.9. The lowest BCUT2D eigenvalue weighted by Crippen LogP contribution is -2.19. The fourth-order valence-corrected chi connectivity index (χ4v) is 6.36. The molecule has 0 radical (unpaired) electrons. The molecular formula is C23H23N5O3S2. The van der Waals surface area contributed by atoms with Gasteiger partial charge in [-0.2, -0.15) is 0 Å². The van der Waals surface area contributed by atoms with E-state index >= 15 is 0 Å². The second kappa shape index (κ2) is 8.68. The highest BCUT2D eigenvalue weighted by atomic mass is 32.2. The van der Waals surface area contributed by atoms with Crippen LogP contribution in [-0.4, -0.2) is 39.3 Å². The van der Waals surface area contributed by atoms with Crippen molar-refractivity contribution in [3.8, 4) is 5.75 Å². The number of hydrogen-bond acceptors (Lipinski definition) is 7. The van der Waals surface area contributed by atoms with Crippen molar-refractivity contribution in [3.63, 3.8) is 0 Å². The number of amides is 2. The maximum Gasteiger partial charge on any atom is 0.251 e. The van der Waals surface area contributed by atoms with E-state index in [0.29, 0.717) is 15.7 Å². The van der Waals surface area contributed by atoms with Gasteiger partial charge in [0.15, 0.2) is 10.8 Å². The molecular weight excluding hydrogens is 458 g/mol. The average Bonchev–Trinajstić information content (AvgIpc) is 3.39. The van der Waals surface area contributed by atoms with Crippen LogP contribution in [0.25, 0.3) is 16.6 Å². The number of pyridine rings is 1. The number of primary amides is 1. The number of nitrogens with one attached hydrogen (secondary N) is 1. The van der Waals surface area contributed by atoms with Crippen LogP contribution in [0, 0.1) is 6.92 Å². The van der Waals surface area contributed by atoms with Gasteiger partial charge in [-0.15, -0.1) is 21.5 Å². The largest absolute Gasteiger partial charge is 0.497 e. The Morgan fingerprint density at radius 3 is 2.85 bits per heavy atom. The Kier molecular flexibility index (Phi) is 5.71. The van der Waals surface area contributed by atoms with Crippen LogP contribution in [0.1, 0.15) is 39.2 Å². The molecule has 5 rings (SSSR count). The quantitative estimate of drug-likeness (QED) is 0.403. The van der Waals surface area contributed by atoms with Gasteiger partial charge < -0.3 is 15.8 Å². The second-order valence-electron chi connectivity index (χ2n) is 8.01. The highest BCUT2D eigenvalue weighted by molar-refractivity contribution is 7.99. The summed E-state index contributed by atoms with van der Waals surface area (Å²) >= 11 is 2.76. The summed E-state index contributed by atoms with van der Waals surface area (Å²) in [5.74, 6) is 0.154. The Labute approximate surface area is 198 Å². The Balaban J connectivity index is 1.41. The molecule has 2 amide bonds. The molecule has 3 heterocycles. The van der Waals surface area contributed by atoms with Crippen LogP contribution in [0.5, 0.6) is 5.75 Å². The van der Waals surface area contributed by atoms with Crippen LogP contribution in [0.2, 0.25) is 0 Å². The van der Waals surface area contributed by atoms with Gasteiger partial charge in [-0.25, -0.2) is 0 Å². The van der Waals surface area contributed by atoms with Crippen molar-refractivity contribution in [2.24, 2.45) is 5.73 Å². The molecule has 0 unspecified atom stereocenters. The van der Waals surface area contributed by atoms with E-state index in [1.54, 1.807) is 7.11 Å². The van der Waals surface area contributed by atoms with Crippen molar-refractivity contribution < 1.29 is 14.3 Å². The summed E-state index contributed by atoms with van der Waals surface area (Å²) in [5.41, 5.74) is 9.75. The van der Waals surface area contributed by atoms with Crippen molar-refractivity contribution in [1.82, 2.24) is 14.6 Å². The highest BCUT2D eigenvalue weighted by Crippen LogP contribution is 2.38. The van der Waals surface area contributed by atoms with Gasteiger partial charge in [0.2, 0.25) is 5.91 Å². The normalized spacial score (nSPS) is 13.3. The van der Waals surface area contributed by atoms with E-state index < -0.39 is 5.91 Å². The number of carbonyl (C=O) groups excluding carboxylic acids is 2. The number of ether oxygens (including phenoxy) is 1. The minimum atomic E-state index is -0.489. The van der Waals surface area contributed by atoms with Gasteiger partial charge in [-0.05, 0) is 67.3 Å². The molecule has 3 N–H and O–H groups in total. The number of nitrogens with two attached hydrogens (primary N) is 1. The van der Waals surface area contributed by atoms with Gasteiger partial charge in [0, 0.05) is 10.9 Å². The van der Waals surface area contributed by atoms with E-state index in [1.165, 1.54) is 23.1 Å². The molecule has 0 saturated heterocycles. The van der Waals surface area contributed by atoms with Crippen molar-refractivity contribution in [2.75, 3.05) is 18.2 Å². The summed E-state index contributed by atoms with van der Waals surface area (Å²) in [6.07, 6.45) is 3.88. The fraction of sp³-hybridized carbons (Fsp3) is 0.304. The minimum Gasteiger partial charge on any atom is -0.497 e. The van der Waals surface area contributed by atoms with Crippen LogP contribution in [-0.2, 0) is 17.6 Å². The molecule has 1 aliphatic carbocycles. The maximum atomic E-state index is 12.8. The minimum absolute atomic E-state index is 0.126. The van der Waals surface area contributed by atoms with Crippen molar-refractivity contribution >= 4 is 56.5 Å². The molecule has 10 heteroatoms. The van der Waals surface area contributed by atoms with Gasteiger partial charge in [0.1, 0.15) is 10.8 Å². The Morgan fingerprint density at radius 1 is 1.24 bits per heavy atom. The van der Waals surface area contributed by atoms with Gasteiger partial charge in [0.25, 0.3) is 5.91 Å². The van der Waals surface area contributed by atoms with Crippen LogP contribution in [0.15, 0.2) is 29.4 Å². The number of methoxy groups -OCH3 is 1. The first kappa shape index (κ1) is 21.7. The third-order valence-electron chi connectivity index (χ3n) is 5.84. The molecule has 0 saturated carbocycles. The first-order valence-corrected chi connectivity index (χ1v) is 12.5. The molecule has 1 aliphatic rings. The van der Waals surface area contributed by atoms with E-state index in [-0.39, 0.29) is 11.7 Å². The van der Waals surface area contributed by atoms with Gasteiger partial charge in [-0.3, -0.25) is 14.0 Å². The predicted molar refractivity (Wildman–Crippen MR) is 131 cm³/mol. The van der Waals surface area contributed by atoms with E-state index in [2.05, 4.69) is 21.6 Å². The number of rotatable bonds is 6. The van der Waals surface area contributed by atoms with Crippen molar-refractivity contribution in [3.05, 3.63) is 45.8 Å². The molecule has 0 bridgehead atoms. The van der Waals surface area contributed by atoms with Crippen LogP contribution in [0.4, 0.5) is 5.00 Å². The van der Waals surface area contributed by atoms with E-state index in [1.807, 2.05) is 29.5 Å². The zero-order chi connectivity index (χ0) is 23.1. The standard InChI is InChI=1S/C23H23N5O3S2/c1-12-9-13-7-8-14(31-2)10-16(13)28-21(12)26-27-23(28)32-11-18(29)25-22-19(20(24)30)15-5-3-4-6-17(15)33-22/h7-10H,3-6,11H2,1-2H3,(H2,24,30)(H,25,29). The monoisotopic (exact) mass is 481 g/mol. The predicted octanol–water partition coefficient (Wildman–Crippen LogP) is 3.97. The van der Waals surface area contributed by atoms with Crippen LogP contribution in [0.3, 0.4) is 0 Å². The summed E-state index contributed by atoms with van der Waals surface area (Å²) in [5, 5.41) is 13.8. The first-order chi connectivity index (χ1) is 16.0. The lowest BCUT2D eigenvalue weighted by molar-refractivity contribution is -0.113. The Bertz CT molecular complexity index is 1410. The summed E-state index contributed by atoms with van der Waals surface area (Å²) in [6, 6.07) is 7.90. The summed E-state index contributed by atoms with van der Waals surface area (Å²) < 4.78 is 7.33. The number of benzene rings is 1. The summed E-state index contributed by atoms with van der Waals surface area (Å²) in [6.45, 7) is 1.98.